The molecule has 6 rings (SSSR count). The van der Waals surface area contributed by atoms with Crippen LogP contribution in [0.4, 0.5) is 4.79 Å². The lowest BCUT2D eigenvalue weighted by Crippen LogP contribution is -2.62. The first kappa shape index (κ1) is 51.1. The third kappa shape index (κ3) is 11.5. The van der Waals surface area contributed by atoms with Gasteiger partial charge in [0.1, 0.15) is 17.8 Å². The molecule has 2 saturated heterocycles. The maximum atomic E-state index is 14.5. The van der Waals surface area contributed by atoms with Gasteiger partial charge in [0.25, 0.3) is 12.4 Å². The summed E-state index contributed by atoms with van der Waals surface area (Å²) in [5.74, 6) is -1.32. The van der Waals surface area contributed by atoms with Crippen LogP contribution in [0.15, 0.2) is 67.4 Å². The van der Waals surface area contributed by atoms with Crippen LogP contribution in [0, 0.1) is 11.3 Å². The molecule has 2 aromatic carbocycles. The molecular formula is C52H70N8O8. The Morgan fingerprint density at radius 3 is 2.40 bits per heavy atom. The van der Waals surface area contributed by atoms with Crippen molar-refractivity contribution in [3.8, 4) is 28.1 Å². The maximum Gasteiger partial charge on any atom is 0.320 e. The number of aromatic nitrogens is 2. The van der Waals surface area contributed by atoms with Crippen molar-refractivity contribution in [2.75, 3.05) is 53.5 Å². The van der Waals surface area contributed by atoms with Gasteiger partial charge < -0.3 is 39.2 Å². The molecule has 2 aliphatic rings. The van der Waals surface area contributed by atoms with Gasteiger partial charge >= 0.3 is 6.03 Å². The number of aryl methyl sites for hydroxylation is 1. The van der Waals surface area contributed by atoms with Crippen LogP contribution in [0.2, 0.25) is 0 Å². The number of fused-ring (bicyclic) bond motifs is 1. The van der Waals surface area contributed by atoms with Crippen LogP contribution in [-0.2, 0) is 48.0 Å². The number of piperazine rings is 1. The zero-order chi connectivity index (χ0) is 49.4. The molecule has 3 unspecified atom stereocenters. The number of urea groups is 1. The molecule has 0 bridgehead atoms. The average Bonchev–Trinajstić information content (AvgIpc) is 3.63. The molecule has 4 aromatic rings. The number of benzene rings is 2. The molecule has 2 aliphatic heterocycles. The number of nitrogens with one attached hydrogen (secondary N) is 2. The van der Waals surface area contributed by atoms with E-state index in [0.29, 0.717) is 63.3 Å². The molecule has 5 amide bonds. The zero-order valence-electron chi connectivity index (χ0n) is 41.2. The topological polar surface area (TPSA) is 179 Å². The Hall–Kier alpha value is -6.26. The predicted molar refractivity (Wildman–Crippen MR) is 262 cm³/mol. The van der Waals surface area contributed by atoms with E-state index in [-0.39, 0.29) is 54.7 Å². The molecule has 0 radical (unpaired) electrons. The van der Waals surface area contributed by atoms with Crippen molar-refractivity contribution in [3.63, 3.8) is 0 Å². The molecule has 16 nitrogen and oxygen atoms in total. The summed E-state index contributed by atoms with van der Waals surface area (Å²) in [5, 5.41) is 17.0. The molecule has 4 heterocycles. The van der Waals surface area contributed by atoms with Crippen molar-refractivity contribution in [2.45, 2.75) is 105 Å². The molecular weight excluding hydrogens is 865 g/mol. The van der Waals surface area contributed by atoms with Crippen LogP contribution in [0.3, 0.4) is 0 Å². The van der Waals surface area contributed by atoms with E-state index < -0.39 is 23.4 Å². The van der Waals surface area contributed by atoms with Gasteiger partial charge in [-0.25, -0.2) is 10.2 Å². The highest BCUT2D eigenvalue weighted by Gasteiger charge is 2.37. The number of phenols is 1. The molecule has 3 N–H and O–H groups in total. The summed E-state index contributed by atoms with van der Waals surface area (Å²) in [4.78, 5) is 75.9. The number of nitrogens with zero attached hydrogens (tertiary/aromatic N) is 6. The van der Waals surface area contributed by atoms with Gasteiger partial charge in [0.05, 0.1) is 24.1 Å². The number of likely N-dealkylation sites (N-methyl/N-ethyl adjacent to an activating group) is 1. The lowest BCUT2D eigenvalue weighted by Gasteiger charge is -2.39. The Bertz CT molecular complexity index is 2480. The second-order valence-electron chi connectivity index (χ2n) is 19.3. The third-order valence-electron chi connectivity index (χ3n) is 13.2. The first-order valence-electron chi connectivity index (χ1n) is 23.7. The number of carbonyl (C=O) groups excluding carboxylic acids is 5. The van der Waals surface area contributed by atoms with Crippen LogP contribution in [-0.4, -0.2) is 136 Å². The summed E-state index contributed by atoms with van der Waals surface area (Å²) in [7, 11) is 3.26. The summed E-state index contributed by atoms with van der Waals surface area (Å²) in [5.41, 5.74) is 9.76. The number of carbonyl (C=O) groups is 5. The number of amides is 5. The van der Waals surface area contributed by atoms with Crippen molar-refractivity contribution >= 4 is 41.1 Å². The second kappa shape index (κ2) is 22.2. The number of phenolic OH excluding ortho intramolecular Hbond substituents is 1. The highest BCUT2D eigenvalue weighted by Crippen LogP contribution is 2.42. The van der Waals surface area contributed by atoms with E-state index in [9.17, 15) is 29.1 Å². The third-order valence-corrected chi connectivity index (χ3v) is 13.2. The zero-order valence-corrected chi connectivity index (χ0v) is 41.2. The van der Waals surface area contributed by atoms with E-state index in [0.717, 1.165) is 51.8 Å². The largest absolute Gasteiger partial charge is 0.508 e. The number of rotatable bonds is 18. The van der Waals surface area contributed by atoms with E-state index in [1.165, 1.54) is 11.0 Å². The fraction of sp³-hybridized carbons (Fsp3) is 0.500. The smallest absolute Gasteiger partial charge is 0.320 e. The minimum Gasteiger partial charge on any atom is -0.508 e. The number of pyridine rings is 1. The lowest BCUT2D eigenvalue weighted by atomic mass is 9.84. The fourth-order valence-electron chi connectivity index (χ4n) is 9.74. The molecule has 366 valence electrons. The Morgan fingerprint density at radius 1 is 1.03 bits per heavy atom. The van der Waals surface area contributed by atoms with Gasteiger partial charge in [0.2, 0.25) is 11.8 Å². The quantitative estimate of drug-likeness (QED) is 0.0738. The van der Waals surface area contributed by atoms with Crippen LogP contribution >= 0.6 is 0 Å². The summed E-state index contributed by atoms with van der Waals surface area (Å²) in [6.45, 7) is 20.6. The van der Waals surface area contributed by atoms with E-state index in [1.54, 1.807) is 47.3 Å². The van der Waals surface area contributed by atoms with E-state index in [2.05, 4.69) is 60.9 Å². The van der Waals surface area contributed by atoms with Crippen LogP contribution in [0.5, 0.6) is 5.75 Å². The van der Waals surface area contributed by atoms with E-state index in [4.69, 9.17) is 14.5 Å². The number of ether oxygens (including phenoxy) is 2. The SMILES string of the molecule is C=CC(=O)N1CCN(C(=O)N(C)C(C(=O)NC(Cc2cc(O)cc(-c3ccc4c(c3)c(CC(C)(C)COC=O)c(-c3cccnc3C(C)OC)n4CC)c2)C(=O)N2CCC[C@@H](C)N2)C(C)C)CC1. The van der Waals surface area contributed by atoms with E-state index >= 15 is 0 Å². The van der Waals surface area contributed by atoms with Gasteiger partial charge in [-0.15, -0.1) is 0 Å². The summed E-state index contributed by atoms with van der Waals surface area (Å²) < 4.78 is 13.4. The van der Waals surface area contributed by atoms with Gasteiger partial charge in [-0.05, 0) is 111 Å². The second-order valence-corrected chi connectivity index (χ2v) is 19.3. The Labute approximate surface area is 400 Å². The van der Waals surface area contributed by atoms with Crippen LogP contribution < -0.4 is 10.7 Å². The predicted octanol–water partition coefficient (Wildman–Crippen LogP) is 6.49. The normalized spacial score (nSPS) is 16.9. The van der Waals surface area contributed by atoms with E-state index in [1.807, 2.05) is 45.9 Å². The number of hydrogen-bond donors (Lipinski definition) is 3. The van der Waals surface area contributed by atoms with Crippen molar-refractivity contribution < 1.29 is 38.6 Å². The fourth-order valence-corrected chi connectivity index (χ4v) is 9.74. The first-order valence-corrected chi connectivity index (χ1v) is 23.7. The van der Waals surface area contributed by atoms with Crippen LogP contribution in [0.25, 0.3) is 33.3 Å². The Balaban J connectivity index is 1.37. The molecule has 0 aliphatic carbocycles. The highest BCUT2D eigenvalue weighted by atomic mass is 16.5. The summed E-state index contributed by atoms with van der Waals surface area (Å²) in [6, 6.07) is 13.2. The van der Waals surface area contributed by atoms with Crippen molar-refractivity contribution in [1.82, 2.24) is 40.0 Å². The molecule has 68 heavy (non-hydrogen) atoms. The average molecular weight is 935 g/mol. The number of methoxy groups -OCH3 is 1. The minimum absolute atomic E-state index is 0.00661. The maximum absolute atomic E-state index is 14.5. The van der Waals surface area contributed by atoms with Gasteiger partial charge in [0, 0.05) is 94.0 Å². The summed E-state index contributed by atoms with van der Waals surface area (Å²) >= 11 is 0. The standard InChI is InChI=1S/C52H70N8O8/c1-11-45(63)57-21-23-58(24-22-57)51(66)56(9)47(33(3)4)49(64)54-43(50(65)60-20-14-15-34(5)55-60)27-36-25-38(28-39(62)26-36)37-17-18-44-41(29-37)42(30-52(7,8)31-68-32-61)48(59(44)12-2)40-16-13-19-53-46(40)35(6)67-10/h11,13,16-19,25-26,28-29,32-35,43,47,55,62H,1,12,14-15,20-24,27,30-31H2,2-10H3,(H,54,64)/t34-,35?,43?,47?/m1/s1. The minimum atomic E-state index is -1.05. The molecule has 16 heteroatoms. The van der Waals surface area contributed by atoms with Crippen molar-refractivity contribution in [1.29, 1.82) is 0 Å². The van der Waals surface area contributed by atoms with Crippen molar-refractivity contribution in [3.05, 3.63) is 84.2 Å². The monoisotopic (exact) mass is 935 g/mol. The lowest BCUT2D eigenvalue weighted by molar-refractivity contribution is -0.142. The van der Waals surface area contributed by atoms with Crippen LogP contribution in [0.1, 0.15) is 84.2 Å². The van der Waals surface area contributed by atoms with Gasteiger partial charge in [-0.2, -0.15) is 0 Å². The molecule has 2 aromatic heterocycles. The van der Waals surface area contributed by atoms with Gasteiger partial charge in [0.15, 0.2) is 0 Å². The van der Waals surface area contributed by atoms with Gasteiger partial charge in [-0.3, -0.25) is 29.2 Å². The molecule has 0 saturated carbocycles. The molecule has 0 spiro atoms. The first-order chi connectivity index (χ1) is 32.4. The molecule has 2 fully saturated rings. The van der Waals surface area contributed by atoms with Gasteiger partial charge in [-0.1, -0.05) is 46.4 Å². The number of hydrogen-bond acceptors (Lipinski definition) is 10. The summed E-state index contributed by atoms with van der Waals surface area (Å²) in [6.07, 6.45) is 5.03. The number of hydrazine groups is 1. The van der Waals surface area contributed by atoms with Crippen molar-refractivity contribution in [2.24, 2.45) is 11.3 Å². The Kier molecular flexibility index (Phi) is 16.7. The molecule has 4 atom stereocenters. The highest BCUT2D eigenvalue weighted by molar-refractivity contribution is 5.96. The Morgan fingerprint density at radius 2 is 1.75 bits per heavy atom. The number of aromatic hydroxyl groups is 1.